The van der Waals surface area contributed by atoms with Gasteiger partial charge in [-0.05, 0) is 30.7 Å². The van der Waals surface area contributed by atoms with E-state index in [4.69, 9.17) is 5.26 Å². The largest absolute Gasteiger partial charge is 0.311 e. The first-order valence-electron chi connectivity index (χ1n) is 5.46. The zero-order valence-corrected chi connectivity index (χ0v) is 9.85. The van der Waals surface area contributed by atoms with Crippen LogP contribution in [0.5, 0.6) is 0 Å². The molecule has 0 saturated carbocycles. The molecule has 18 heavy (non-hydrogen) atoms. The molecule has 1 aromatic carbocycles. The standard InChI is InChI=1S/C14H11FN2O/c1-10-3-2-6-17(14(10)18)9-11-4-5-13(15)12(7-11)8-16/h2-7H,9H2,1H3. The highest BCUT2D eigenvalue weighted by molar-refractivity contribution is 5.34. The van der Waals surface area contributed by atoms with Crippen molar-refractivity contribution in [3.8, 4) is 6.07 Å². The summed E-state index contributed by atoms with van der Waals surface area (Å²) >= 11 is 0. The van der Waals surface area contributed by atoms with Gasteiger partial charge < -0.3 is 4.57 Å². The summed E-state index contributed by atoms with van der Waals surface area (Å²) in [6.07, 6.45) is 1.67. The summed E-state index contributed by atoms with van der Waals surface area (Å²) in [6.45, 7) is 2.07. The number of nitriles is 1. The Morgan fingerprint density at radius 1 is 1.39 bits per heavy atom. The molecule has 0 N–H and O–H groups in total. The molecule has 1 aromatic heterocycles. The summed E-state index contributed by atoms with van der Waals surface area (Å²) in [5, 5.41) is 8.75. The second kappa shape index (κ2) is 4.84. The summed E-state index contributed by atoms with van der Waals surface area (Å²) in [7, 11) is 0. The second-order valence-corrected chi connectivity index (χ2v) is 4.05. The summed E-state index contributed by atoms with van der Waals surface area (Å²) < 4.78 is 14.7. The molecule has 0 atom stereocenters. The van der Waals surface area contributed by atoms with Crippen molar-refractivity contribution in [3.05, 3.63) is 69.4 Å². The number of halogens is 1. The third-order valence-electron chi connectivity index (χ3n) is 2.71. The van der Waals surface area contributed by atoms with Gasteiger partial charge in [-0.15, -0.1) is 0 Å². The first-order valence-corrected chi connectivity index (χ1v) is 5.46. The highest BCUT2D eigenvalue weighted by Gasteiger charge is 2.04. The predicted molar refractivity (Wildman–Crippen MR) is 65.7 cm³/mol. The maximum absolute atomic E-state index is 13.2. The normalized spacial score (nSPS) is 10.1. The molecule has 0 spiro atoms. The van der Waals surface area contributed by atoms with Gasteiger partial charge in [-0.25, -0.2) is 4.39 Å². The fraction of sp³-hybridized carbons (Fsp3) is 0.143. The van der Waals surface area contributed by atoms with Gasteiger partial charge in [-0.1, -0.05) is 12.1 Å². The van der Waals surface area contributed by atoms with Gasteiger partial charge in [-0.3, -0.25) is 4.79 Å². The minimum Gasteiger partial charge on any atom is -0.311 e. The van der Waals surface area contributed by atoms with Crippen LogP contribution in [0.4, 0.5) is 4.39 Å². The van der Waals surface area contributed by atoms with Gasteiger partial charge in [0.05, 0.1) is 12.1 Å². The second-order valence-electron chi connectivity index (χ2n) is 4.05. The van der Waals surface area contributed by atoms with Crippen LogP contribution in [0, 0.1) is 24.1 Å². The molecule has 0 bridgehead atoms. The van der Waals surface area contributed by atoms with E-state index in [9.17, 15) is 9.18 Å². The molecule has 0 fully saturated rings. The van der Waals surface area contributed by atoms with Crippen LogP contribution in [0.3, 0.4) is 0 Å². The summed E-state index contributed by atoms with van der Waals surface area (Å²) in [5.41, 5.74) is 1.29. The van der Waals surface area contributed by atoms with Crippen LogP contribution >= 0.6 is 0 Å². The van der Waals surface area contributed by atoms with Gasteiger partial charge in [0.2, 0.25) is 0 Å². The Bertz CT molecular complexity index is 683. The van der Waals surface area contributed by atoms with E-state index in [0.29, 0.717) is 12.1 Å². The minimum absolute atomic E-state index is 0.00629. The van der Waals surface area contributed by atoms with Gasteiger partial charge >= 0.3 is 0 Å². The zero-order chi connectivity index (χ0) is 13.1. The van der Waals surface area contributed by atoms with E-state index in [0.717, 1.165) is 5.56 Å². The Kier molecular flexibility index (Phi) is 3.24. The fourth-order valence-electron chi connectivity index (χ4n) is 1.73. The topological polar surface area (TPSA) is 45.8 Å². The first-order chi connectivity index (χ1) is 8.61. The van der Waals surface area contributed by atoms with Crippen LogP contribution in [0.15, 0.2) is 41.3 Å². The number of nitrogens with zero attached hydrogens (tertiary/aromatic N) is 2. The van der Waals surface area contributed by atoms with Crippen LogP contribution in [-0.2, 0) is 6.54 Å². The molecule has 0 aliphatic rings. The lowest BCUT2D eigenvalue weighted by molar-refractivity contribution is 0.622. The highest BCUT2D eigenvalue weighted by atomic mass is 19.1. The van der Waals surface area contributed by atoms with E-state index in [-0.39, 0.29) is 11.1 Å². The van der Waals surface area contributed by atoms with Crippen LogP contribution < -0.4 is 5.56 Å². The predicted octanol–water partition coefficient (Wildman–Crippen LogP) is 2.22. The molecule has 0 amide bonds. The van der Waals surface area contributed by atoms with Gasteiger partial charge in [-0.2, -0.15) is 5.26 Å². The van der Waals surface area contributed by atoms with Crippen molar-refractivity contribution in [3.63, 3.8) is 0 Å². The number of rotatable bonds is 2. The molecule has 3 nitrogen and oxygen atoms in total. The third kappa shape index (κ3) is 2.30. The van der Waals surface area contributed by atoms with E-state index in [1.165, 1.54) is 16.7 Å². The lowest BCUT2D eigenvalue weighted by Crippen LogP contribution is -2.21. The lowest BCUT2D eigenvalue weighted by atomic mass is 10.1. The summed E-state index contributed by atoms with van der Waals surface area (Å²) in [5.74, 6) is -0.544. The van der Waals surface area contributed by atoms with Crippen LogP contribution in [-0.4, -0.2) is 4.57 Å². The number of benzene rings is 1. The summed E-state index contributed by atoms with van der Waals surface area (Å²) in [4.78, 5) is 11.8. The molecule has 4 heteroatoms. The smallest absolute Gasteiger partial charge is 0.253 e. The molecule has 0 saturated heterocycles. The maximum atomic E-state index is 13.2. The first kappa shape index (κ1) is 12.1. The Hall–Kier alpha value is -2.41. The van der Waals surface area contributed by atoms with Crippen molar-refractivity contribution in [2.75, 3.05) is 0 Å². The van der Waals surface area contributed by atoms with Crippen molar-refractivity contribution >= 4 is 0 Å². The van der Waals surface area contributed by atoms with Crippen molar-refractivity contribution in [2.24, 2.45) is 0 Å². The lowest BCUT2D eigenvalue weighted by Gasteiger charge is -2.07. The minimum atomic E-state index is -0.544. The SMILES string of the molecule is Cc1cccn(Cc2ccc(F)c(C#N)c2)c1=O. The molecular formula is C14H11FN2O. The fourth-order valence-corrected chi connectivity index (χ4v) is 1.73. The van der Waals surface area contributed by atoms with E-state index < -0.39 is 5.82 Å². The Balaban J connectivity index is 2.38. The van der Waals surface area contributed by atoms with E-state index in [1.807, 2.05) is 0 Å². The van der Waals surface area contributed by atoms with Crippen molar-refractivity contribution in [1.29, 1.82) is 5.26 Å². The van der Waals surface area contributed by atoms with Crippen molar-refractivity contribution in [2.45, 2.75) is 13.5 Å². The third-order valence-corrected chi connectivity index (χ3v) is 2.71. The molecule has 90 valence electrons. The monoisotopic (exact) mass is 242 g/mol. The van der Waals surface area contributed by atoms with E-state index in [1.54, 1.807) is 37.4 Å². The molecule has 2 aromatic rings. The van der Waals surface area contributed by atoms with Gasteiger partial charge in [0, 0.05) is 11.8 Å². The Morgan fingerprint density at radius 3 is 2.89 bits per heavy atom. The molecule has 2 rings (SSSR count). The molecule has 0 radical (unpaired) electrons. The maximum Gasteiger partial charge on any atom is 0.253 e. The number of aromatic nitrogens is 1. The van der Waals surface area contributed by atoms with Crippen molar-refractivity contribution < 1.29 is 4.39 Å². The molecular weight excluding hydrogens is 231 g/mol. The zero-order valence-electron chi connectivity index (χ0n) is 9.85. The molecule has 0 aliphatic carbocycles. The Morgan fingerprint density at radius 2 is 2.17 bits per heavy atom. The van der Waals surface area contributed by atoms with Gasteiger partial charge in [0.15, 0.2) is 0 Å². The van der Waals surface area contributed by atoms with Gasteiger partial charge in [0.25, 0.3) is 5.56 Å². The molecule has 0 aliphatic heterocycles. The quantitative estimate of drug-likeness (QED) is 0.810. The molecule has 0 unspecified atom stereocenters. The van der Waals surface area contributed by atoms with E-state index in [2.05, 4.69) is 0 Å². The molecule has 1 heterocycles. The van der Waals surface area contributed by atoms with Gasteiger partial charge in [0.1, 0.15) is 11.9 Å². The highest BCUT2D eigenvalue weighted by Crippen LogP contribution is 2.10. The number of hydrogen-bond acceptors (Lipinski definition) is 2. The number of hydrogen-bond donors (Lipinski definition) is 0. The van der Waals surface area contributed by atoms with Crippen LogP contribution in [0.2, 0.25) is 0 Å². The van der Waals surface area contributed by atoms with Crippen molar-refractivity contribution in [1.82, 2.24) is 4.57 Å². The average molecular weight is 242 g/mol. The average Bonchev–Trinajstić information content (AvgIpc) is 2.37. The number of pyridine rings is 1. The van der Waals surface area contributed by atoms with Crippen LogP contribution in [0.25, 0.3) is 0 Å². The number of aryl methyl sites for hydroxylation is 1. The van der Waals surface area contributed by atoms with E-state index >= 15 is 0 Å². The van der Waals surface area contributed by atoms with Crippen LogP contribution in [0.1, 0.15) is 16.7 Å². The summed E-state index contributed by atoms with van der Waals surface area (Å²) in [6, 6.07) is 9.59. The Labute approximate surface area is 104 Å².